The van der Waals surface area contributed by atoms with Crippen LogP contribution in [0, 0.1) is 0 Å². The van der Waals surface area contributed by atoms with E-state index in [0.717, 1.165) is 0 Å². The Kier molecular flexibility index (Phi) is 3.93. The summed E-state index contributed by atoms with van der Waals surface area (Å²) in [6.45, 7) is 1.88. The van der Waals surface area contributed by atoms with E-state index in [1.54, 1.807) is 49.4 Å². The van der Waals surface area contributed by atoms with Gasteiger partial charge in [0, 0.05) is 16.7 Å². The van der Waals surface area contributed by atoms with Gasteiger partial charge in [0.15, 0.2) is 11.7 Å². The van der Waals surface area contributed by atoms with Crippen molar-refractivity contribution in [1.82, 2.24) is 0 Å². The fourth-order valence-corrected chi connectivity index (χ4v) is 2.68. The molecule has 3 rings (SSSR count). The molecule has 1 aliphatic rings. The van der Waals surface area contributed by atoms with Gasteiger partial charge in [0.25, 0.3) is 0 Å². The summed E-state index contributed by atoms with van der Waals surface area (Å²) in [6.07, 6.45) is 0. The Balaban J connectivity index is 2.03. The first-order valence-electron chi connectivity index (χ1n) is 7.33. The molecule has 0 aliphatic carbocycles. The largest absolute Gasteiger partial charge is 0.465 e. The molecule has 5 heteroatoms. The quantitative estimate of drug-likeness (QED) is 0.535. The summed E-state index contributed by atoms with van der Waals surface area (Å²) in [7, 11) is 0. The number of benzene rings is 2. The number of fused-ring (bicyclic) bond motifs is 1. The molecule has 1 N–H and O–H groups in total. The number of ether oxygens (including phenoxy) is 1. The SMILES string of the molecule is CCOC(=O)C1C(=O)Nc2c(C(=O)c3ccccc3)cccc21. The highest BCUT2D eigenvalue weighted by Gasteiger charge is 2.39. The summed E-state index contributed by atoms with van der Waals surface area (Å²) in [4.78, 5) is 36.8. The Morgan fingerprint density at radius 3 is 2.52 bits per heavy atom. The minimum atomic E-state index is -1.02. The van der Waals surface area contributed by atoms with Crippen LogP contribution >= 0.6 is 0 Å². The molecule has 1 unspecified atom stereocenters. The molecule has 0 bridgehead atoms. The maximum absolute atomic E-state index is 12.6. The van der Waals surface area contributed by atoms with Gasteiger partial charge in [-0.3, -0.25) is 14.4 Å². The van der Waals surface area contributed by atoms with Gasteiger partial charge in [-0.1, -0.05) is 42.5 Å². The van der Waals surface area contributed by atoms with Crippen LogP contribution in [-0.2, 0) is 14.3 Å². The number of carbonyl (C=O) groups excluding carboxylic acids is 3. The van der Waals surface area contributed by atoms with Crippen LogP contribution < -0.4 is 5.32 Å². The van der Waals surface area contributed by atoms with Crippen LogP contribution in [0.3, 0.4) is 0 Å². The number of hydrogen-bond acceptors (Lipinski definition) is 4. The van der Waals surface area contributed by atoms with Gasteiger partial charge in [0.05, 0.1) is 12.3 Å². The van der Waals surface area contributed by atoms with Gasteiger partial charge in [0.1, 0.15) is 0 Å². The van der Waals surface area contributed by atoms with E-state index in [9.17, 15) is 14.4 Å². The third-order valence-electron chi connectivity index (χ3n) is 3.72. The van der Waals surface area contributed by atoms with E-state index in [1.165, 1.54) is 0 Å². The van der Waals surface area contributed by atoms with Crippen molar-refractivity contribution >= 4 is 23.3 Å². The lowest BCUT2D eigenvalue weighted by Crippen LogP contribution is -2.22. The number of para-hydroxylation sites is 1. The number of hydrogen-bond donors (Lipinski definition) is 1. The molecular formula is C18H15NO4. The lowest BCUT2D eigenvalue weighted by atomic mass is 9.95. The van der Waals surface area contributed by atoms with Gasteiger partial charge in [-0.2, -0.15) is 0 Å². The Bertz CT molecular complexity index is 783. The number of nitrogens with one attached hydrogen (secondary N) is 1. The highest BCUT2D eigenvalue weighted by molar-refractivity contribution is 6.21. The summed E-state index contributed by atoms with van der Waals surface area (Å²) in [5.41, 5.74) is 1.77. The van der Waals surface area contributed by atoms with E-state index in [-0.39, 0.29) is 12.4 Å². The van der Waals surface area contributed by atoms with Crippen LogP contribution in [0.2, 0.25) is 0 Å². The number of rotatable bonds is 4. The Labute approximate surface area is 133 Å². The van der Waals surface area contributed by atoms with Crippen LogP contribution in [0.1, 0.15) is 34.3 Å². The van der Waals surface area contributed by atoms with Gasteiger partial charge < -0.3 is 10.1 Å². The van der Waals surface area contributed by atoms with Crippen molar-refractivity contribution in [3.63, 3.8) is 0 Å². The molecule has 0 aromatic heterocycles. The normalized spacial score (nSPS) is 15.7. The molecule has 2 aromatic carbocycles. The van der Waals surface area contributed by atoms with Gasteiger partial charge in [-0.05, 0) is 13.0 Å². The highest BCUT2D eigenvalue weighted by Crippen LogP contribution is 2.36. The van der Waals surface area contributed by atoms with Crippen LogP contribution in [0.25, 0.3) is 0 Å². The zero-order valence-electron chi connectivity index (χ0n) is 12.5. The van der Waals surface area contributed by atoms with E-state index >= 15 is 0 Å². The van der Waals surface area contributed by atoms with Crippen molar-refractivity contribution in [3.05, 3.63) is 65.2 Å². The van der Waals surface area contributed by atoms with Crippen molar-refractivity contribution in [2.24, 2.45) is 0 Å². The average molecular weight is 309 g/mol. The average Bonchev–Trinajstić information content (AvgIpc) is 2.91. The van der Waals surface area contributed by atoms with Crippen molar-refractivity contribution in [2.75, 3.05) is 11.9 Å². The zero-order valence-corrected chi connectivity index (χ0v) is 12.5. The molecule has 23 heavy (non-hydrogen) atoms. The van der Waals surface area contributed by atoms with Crippen LogP contribution in [-0.4, -0.2) is 24.3 Å². The molecule has 2 aromatic rings. The molecule has 0 saturated heterocycles. The van der Waals surface area contributed by atoms with Crippen LogP contribution in [0.5, 0.6) is 0 Å². The highest BCUT2D eigenvalue weighted by atomic mass is 16.5. The van der Waals surface area contributed by atoms with Gasteiger partial charge in [-0.25, -0.2) is 0 Å². The van der Waals surface area contributed by atoms with Crippen molar-refractivity contribution in [3.8, 4) is 0 Å². The smallest absolute Gasteiger partial charge is 0.323 e. The van der Waals surface area contributed by atoms with Crippen molar-refractivity contribution in [1.29, 1.82) is 0 Å². The molecule has 5 nitrogen and oxygen atoms in total. The second-order valence-corrected chi connectivity index (χ2v) is 5.14. The second-order valence-electron chi connectivity index (χ2n) is 5.14. The number of carbonyl (C=O) groups is 3. The summed E-state index contributed by atoms with van der Waals surface area (Å²) in [5, 5.41) is 2.65. The molecular weight excluding hydrogens is 294 g/mol. The van der Waals surface area contributed by atoms with Crippen LogP contribution in [0.15, 0.2) is 48.5 Å². The van der Waals surface area contributed by atoms with E-state index in [4.69, 9.17) is 4.74 Å². The van der Waals surface area contributed by atoms with E-state index in [2.05, 4.69) is 5.32 Å². The predicted octanol–water partition coefficient (Wildman–Crippen LogP) is 2.52. The van der Waals surface area contributed by atoms with Gasteiger partial charge in [-0.15, -0.1) is 0 Å². The predicted molar refractivity (Wildman–Crippen MR) is 84.3 cm³/mol. The monoisotopic (exact) mass is 309 g/mol. The molecule has 1 atom stereocenters. The van der Waals surface area contributed by atoms with Gasteiger partial charge in [0.2, 0.25) is 5.91 Å². The molecule has 116 valence electrons. The van der Waals surface area contributed by atoms with Crippen molar-refractivity contribution in [2.45, 2.75) is 12.8 Å². The second kappa shape index (κ2) is 6.04. The first kappa shape index (κ1) is 15.0. The molecule has 0 saturated carbocycles. The maximum Gasteiger partial charge on any atom is 0.323 e. The summed E-state index contributed by atoms with van der Waals surface area (Å²) >= 11 is 0. The number of anilines is 1. The number of ketones is 1. The van der Waals surface area contributed by atoms with E-state index in [0.29, 0.717) is 22.4 Å². The minimum Gasteiger partial charge on any atom is -0.465 e. The molecule has 0 fully saturated rings. The Morgan fingerprint density at radius 1 is 1.09 bits per heavy atom. The van der Waals surface area contributed by atoms with Crippen LogP contribution in [0.4, 0.5) is 5.69 Å². The van der Waals surface area contributed by atoms with Crippen molar-refractivity contribution < 1.29 is 19.1 Å². The summed E-state index contributed by atoms with van der Waals surface area (Å²) in [5.74, 6) is -2.29. The molecule has 1 amide bonds. The lowest BCUT2D eigenvalue weighted by Gasteiger charge is -2.09. The molecule has 1 aliphatic heterocycles. The van der Waals surface area contributed by atoms with E-state index < -0.39 is 17.8 Å². The first-order valence-corrected chi connectivity index (χ1v) is 7.33. The summed E-state index contributed by atoms with van der Waals surface area (Å²) < 4.78 is 4.95. The van der Waals surface area contributed by atoms with Gasteiger partial charge >= 0.3 is 5.97 Å². The third kappa shape index (κ3) is 2.61. The first-order chi connectivity index (χ1) is 11.1. The molecule has 0 spiro atoms. The number of amides is 1. The fraction of sp³-hybridized carbons (Fsp3) is 0.167. The third-order valence-corrected chi connectivity index (χ3v) is 3.72. The Morgan fingerprint density at radius 2 is 1.83 bits per heavy atom. The fourth-order valence-electron chi connectivity index (χ4n) is 2.68. The molecule has 0 radical (unpaired) electrons. The maximum atomic E-state index is 12.6. The molecule has 1 heterocycles. The zero-order chi connectivity index (χ0) is 16.4. The number of esters is 1. The topological polar surface area (TPSA) is 72.5 Å². The van der Waals surface area contributed by atoms with E-state index in [1.807, 2.05) is 6.07 Å². The standard InChI is InChI=1S/C18H15NO4/c1-2-23-18(22)14-12-9-6-10-13(15(12)19-17(14)21)16(20)11-7-4-3-5-8-11/h3-10,14H,2H2,1H3,(H,19,21). The minimum absolute atomic E-state index is 0.195. The Hall–Kier alpha value is -2.95. The summed E-state index contributed by atoms with van der Waals surface area (Å²) in [6, 6.07) is 13.8. The lowest BCUT2D eigenvalue weighted by molar-refractivity contribution is -0.147.